The van der Waals surface area contributed by atoms with Gasteiger partial charge in [0.2, 0.25) is 0 Å². The minimum Gasteiger partial charge on any atom is -0.507 e. The van der Waals surface area contributed by atoms with E-state index in [2.05, 4.69) is 10.4 Å². The van der Waals surface area contributed by atoms with E-state index in [9.17, 15) is 14.7 Å². The van der Waals surface area contributed by atoms with Crippen molar-refractivity contribution in [2.24, 2.45) is 0 Å². The second kappa shape index (κ2) is 7.12. The van der Waals surface area contributed by atoms with Crippen LogP contribution in [0.3, 0.4) is 0 Å². The topological polar surface area (TPSA) is 108 Å². The first kappa shape index (κ1) is 17.2. The van der Waals surface area contributed by atoms with Crippen molar-refractivity contribution in [3.8, 4) is 5.75 Å². The van der Waals surface area contributed by atoms with Crippen LogP contribution in [0, 0.1) is 0 Å². The molecule has 0 fully saturated rings. The SMILES string of the molecule is O=C(NCCO)c1cc2n(n1)CCN(C(=O)c1cc(Cl)ccc1O)C2. The average molecular weight is 365 g/mol. The quantitative estimate of drug-likeness (QED) is 0.737. The summed E-state index contributed by atoms with van der Waals surface area (Å²) in [5, 5.41) is 25.8. The molecule has 0 saturated carbocycles. The van der Waals surface area contributed by atoms with Gasteiger partial charge in [0.1, 0.15) is 5.75 Å². The second-order valence-electron chi connectivity index (χ2n) is 5.61. The molecule has 3 N–H and O–H groups in total. The summed E-state index contributed by atoms with van der Waals surface area (Å²) in [4.78, 5) is 26.1. The van der Waals surface area contributed by atoms with Crippen molar-refractivity contribution in [3.05, 3.63) is 46.2 Å². The summed E-state index contributed by atoms with van der Waals surface area (Å²) in [5.74, 6) is -0.836. The van der Waals surface area contributed by atoms with E-state index in [1.807, 2.05) is 0 Å². The Hall–Kier alpha value is -2.58. The Morgan fingerprint density at radius 3 is 2.84 bits per heavy atom. The molecule has 2 amide bonds. The number of nitrogens with one attached hydrogen (secondary N) is 1. The molecule has 0 atom stereocenters. The highest BCUT2D eigenvalue weighted by atomic mass is 35.5. The number of aromatic hydroxyl groups is 1. The Kier molecular flexibility index (Phi) is 4.91. The predicted octanol–water partition coefficient (Wildman–Crippen LogP) is 0.620. The van der Waals surface area contributed by atoms with Crippen LogP contribution in [0.5, 0.6) is 5.75 Å². The van der Waals surface area contributed by atoms with Gasteiger partial charge in [0.25, 0.3) is 11.8 Å². The first-order valence-corrected chi connectivity index (χ1v) is 8.11. The molecule has 2 aromatic rings. The van der Waals surface area contributed by atoms with Crippen LogP contribution >= 0.6 is 11.6 Å². The number of carbonyl (C=O) groups excluding carboxylic acids is 2. The number of hydrogen-bond donors (Lipinski definition) is 3. The van der Waals surface area contributed by atoms with Crippen LogP contribution in [0.15, 0.2) is 24.3 Å². The van der Waals surface area contributed by atoms with Crippen LogP contribution in [0.4, 0.5) is 0 Å². The van der Waals surface area contributed by atoms with Gasteiger partial charge in [0.15, 0.2) is 5.69 Å². The number of aliphatic hydroxyl groups excluding tert-OH is 1. The Labute approximate surface area is 148 Å². The first-order valence-electron chi connectivity index (χ1n) is 7.73. The van der Waals surface area contributed by atoms with Crippen molar-refractivity contribution < 1.29 is 19.8 Å². The van der Waals surface area contributed by atoms with Crippen LogP contribution in [-0.2, 0) is 13.1 Å². The number of phenols is 1. The molecule has 132 valence electrons. The summed E-state index contributed by atoms with van der Waals surface area (Å²) in [6.07, 6.45) is 0. The van der Waals surface area contributed by atoms with E-state index in [0.29, 0.717) is 18.1 Å². The third kappa shape index (κ3) is 3.59. The molecule has 9 heteroatoms. The van der Waals surface area contributed by atoms with Crippen molar-refractivity contribution in [3.63, 3.8) is 0 Å². The van der Waals surface area contributed by atoms with Crippen LogP contribution in [-0.4, -0.2) is 56.4 Å². The fourth-order valence-electron chi connectivity index (χ4n) is 2.66. The third-order valence-electron chi connectivity index (χ3n) is 3.90. The molecule has 1 aliphatic rings. The van der Waals surface area contributed by atoms with Crippen molar-refractivity contribution in [1.82, 2.24) is 20.0 Å². The Morgan fingerprint density at radius 2 is 2.08 bits per heavy atom. The van der Waals surface area contributed by atoms with Gasteiger partial charge in [-0.25, -0.2) is 0 Å². The standard InChI is InChI=1S/C16H17ClN4O4/c17-10-1-2-14(23)12(7-10)16(25)20-4-5-21-11(9-20)8-13(19-21)15(24)18-3-6-22/h1-2,7-8,22-23H,3-6,9H2,(H,18,24). The summed E-state index contributed by atoms with van der Waals surface area (Å²) in [6, 6.07) is 5.94. The maximum atomic E-state index is 12.6. The number of nitrogens with zero attached hydrogens (tertiary/aromatic N) is 3. The molecule has 8 nitrogen and oxygen atoms in total. The fraction of sp³-hybridized carbons (Fsp3) is 0.312. The van der Waals surface area contributed by atoms with Gasteiger partial charge in [0, 0.05) is 18.1 Å². The molecule has 0 saturated heterocycles. The minimum atomic E-state index is -0.374. The van der Waals surface area contributed by atoms with E-state index in [-0.39, 0.29) is 48.5 Å². The number of phenolic OH excluding ortho intramolecular Hbond substituents is 1. The summed E-state index contributed by atoms with van der Waals surface area (Å²) in [6.45, 7) is 1.11. The van der Waals surface area contributed by atoms with Crippen molar-refractivity contribution >= 4 is 23.4 Å². The highest BCUT2D eigenvalue weighted by molar-refractivity contribution is 6.31. The van der Waals surface area contributed by atoms with Crippen molar-refractivity contribution in [1.29, 1.82) is 0 Å². The van der Waals surface area contributed by atoms with Crippen molar-refractivity contribution in [2.45, 2.75) is 13.1 Å². The van der Waals surface area contributed by atoms with E-state index < -0.39 is 0 Å². The Bertz CT molecular complexity index is 820. The zero-order valence-corrected chi connectivity index (χ0v) is 14.0. The third-order valence-corrected chi connectivity index (χ3v) is 4.14. The van der Waals surface area contributed by atoms with E-state index in [1.54, 1.807) is 15.6 Å². The molecule has 0 aliphatic carbocycles. The molecular weight excluding hydrogens is 348 g/mol. The molecule has 3 rings (SSSR count). The van der Waals surface area contributed by atoms with E-state index in [0.717, 1.165) is 5.69 Å². The molecule has 0 radical (unpaired) electrons. The van der Waals surface area contributed by atoms with Gasteiger partial charge in [-0.3, -0.25) is 14.3 Å². The number of halogens is 1. The summed E-state index contributed by atoms with van der Waals surface area (Å²) >= 11 is 5.90. The van der Waals surface area contributed by atoms with Gasteiger partial charge >= 0.3 is 0 Å². The lowest BCUT2D eigenvalue weighted by molar-refractivity contribution is 0.0702. The lowest BCUT2D eigenvalue weighted by atomic mass is 10.1. The van der Waals surface area contributed by atoms with Gasteiger partial charge in [0.05, 0.1) is 31.0 Å². The summed E-state index contributed by atoms with van der Waals surface area (Å²) in [7, 11) is 0. The smallest absolute Gasteiger partial charge is 0.271 e. The highest BCUT2D eigenvalue weighted by Crippen LogP contribution is 2.25. The molecule has 2 heterocycles. The van der Waals surface area contributed by atoms with Crippen molar-refractivity contribution in [2.75, 3.05) is 19.7 Å². The second-order valence-corrected chi connectivity index (χ2v) is 6.05. The molecule has 1 aromatic heterocycles. The summed E-state index contributed by atoms with van der Waals surface area (Å²) < 4.78 is 1.68. The minimum absolute atomic E-state index is 0.127. The number of hydrogen-bond acceptors (Lipinski definition) is 5. The number of benzene rings is 1. The predicted molar refractivity (Wildman–Crippen MR) is 89.5 cm³/mol. The van der Waals surface area contributed by atoms with Crippen LogP contribution in [0.1, 0.15) is 26.5 Å². The molecular formula is C16H17ClN4O4. The average Bonchev–Trinajstić information content (AvgIpc) is 3.04. The number of fused-ring (bicyclic) bond motifs is 1. The maximum Gasteiger partial charge on any atom is 0.271 e. The molecule has 0 bridgehead atoms. The van der Waals surface area contributed by atoms with Gasteiger partial charge in [-0.15, -0.1) is 0 Å². The van der Waals surface area contributed by atoms with Gasteiger partial charge < -0.3 is 20.4 Å². The monoisotopic (exact) mass is 364 g/mol. The zero-order chi connectivity index (χ0) is 18.0. The van der Waals surface area contributed by atoms with Crippen LogP contribution in [0.25, 0.3) is 0 Å². The highest BCUT2D eigenvalue weighted by Gasteiger charge is 2.26. The normalized spacial score (nSPS) is 13.4. The van der Waals surface area contributed by atoms with Crippen LogP contribution < -0.4 is 5.32 Å². The molecule has 1 aliphatic heterocycles. The number of amides is 2. The van der Waals surface area contributed by atoms with E-state index in [4.69, 9.17) is 16.7 Å². The maximum absolute atomic E-state index is 12.6. The van der Waals surface area contributed by atoms with Gasteiger partial charge in [-0.1, -0.05) is 11.6 Å². The van der Waals surface area contributed by atoms with Gasteiger partial charge in [-0.05, 0) is 24.3 Å². The molecule has 25 heavy (non-hydrogen) atoms. The zero-order valence-electron chi connectivity index (χ0n) is 13.3. The first-order chi connectivity index (χ1) is 12.0. The lowest BCUT2D eigenvalue weighted by Gasteiger charge is -2.28. The van der Waals surface area contributed by atoms with E-state index in [1.165, 1.54) is 18.2 Å². The Morgan fingerprint density at radius 1 is 1.28 bits per heavy atom. The Balaban J connectivity index is 1.77. The van der Waals surface area contributed by atoms with Crippen LogP contribution in [0.2, 0.25) is 5.02 Å². The number of carbonyl (C=O) groups is 2. The fourth-order valence-corrected chi connectivity index (χ4v) is 2.83. The number of aliphatic hydroxyl groups is 1. The number of rotatable bonds is 4. The summed E-state index contributed by atoms with van der Waals surface area (Å²) in [5.41, 5.74) is 1.10. The molecule has 0 spiro atoms. The van der Waals surface area contributed by atoms with E-state index >= 15 is 0 Å². The lowest BCUT2D eigenvalue weighted by Crippen LogP contribution is -2.38. The largest absolute Gasteiger partial charge is 0.507 e. The number of aromatic nitrogens is 2. The molecule has 0 unspecified atom stereocenters. The van der Waals surface area contributed by atoms with Gasteiger partial charge in [-0.2, -0.15) is 5.10 Å². The molecule has 1 aromatic carbocycles.